The van der Waals surface area contributed by atoms with Crippen molar-refractivity contribution in [2.45, 2.75) is 40.0 Å². The summed E-state index contributed by atoms with van der Waals surface area (Å²) in [5, 5.41) is 0. The van der Waals surface area contributed by atoms with Crippen LogP contribution in [0.5, 0.6) is 0 Å². The molecule has 0 aliphatic heterocycles. The Kier molecular flexibility index (Phi) is 25.5. The van der Waals surface area contributed by atoms with Crippen LogP contribution in [0, 0.1) is 12.3 Å². The van der Waals surface area contributed by atoms with Gasteiger partial charge in [0, 0.05) is 19.5 Å². The van der Waals surface area contributed by atoms with Gasteiger partial charge in [0.05, 0.1) is 0 Å². The smallest absolute Gasteiger partial charge is 0.328 e. The fraction of sp³-hybridized carbons (Fsp3) is 0.875. The molecule has 0 spiro atoms. The monoisotopic (exact) mass is 300 g/mol. The predicted octanol–water partition coefficient (Wildman–Crippen LogP) is 0.0384. The molecular weight excluding hydrogens is 283 g/mol. The van der Waals surface area contributed by atoms with E-state index in [2.05, 4.69) is 13.3 Å². The Morgan fingerprint density at radius 1 is 1.30 bits per heavy atom. The van der Waals surface area contributed by atoms with Crippen LogP contribution in [-0.4, -0.2) is 0 Å². The van der Waals surface area contributed by atoms with E-state index in [1.165, 1.54) is 19.3 Å². The fourth-order valence-electron chi connectivity index (χ4n) is 0.923. The molecule has 0 aromatic rings. The summed E-state index contributed by atoms with van der Waals surface area (Å²) >= 11 is 0. The molecular formula is C8H17RbRu. The summed E-state index contributed by atoms with van der Waals surface area (Å²) in [7, 11) is 0. The standard InChI is InChI=1S/C6H11.C2H6.Rb.Ru/c1-6-4-2-3-5-6;1-2;;/h2,6H,3-5H2,1H3;1-2H3;;/q-1;;+1;. The van der Waals surface area contributed by atoms with Gasteiger partial charge in [0.1, 0.15) is 0 Å². The van der Waals surface area contributed by atoms with Crippen LogP contribution >= 0.6 is 0 Å². The summed E-state index contributed by atoms with van der Waals surface area (Å²) in [5.74, 6) is 0.991. The third kappa shape index (κ3) is 10.4. The van der Waals surface area contributed by atoms with E-state index in [-0.39, 0.29) is 77.7 Å². The van der Waals surface area contributed by atoms with Crippen LogP contribution in [0.3, 0.4) is 0 Å². The maximum Gasteiger partial charge on any atom is 1.00 e. The quantitative estimate of drug-likeness (QED) is 0.438. The molecule has 58 valence electrons. The minimum atomic E-state index is 0. The largest absolute Gasteiger partial charge is 1.00 e. The van der Waals surface area contributed by atoms with Gasteiger partial charge in [-0.15, -0.1) is 0 Å². The van der Waals surface area contributed by atoms with E-state index in [9.17, 15) is 0 Å². The Labute approximate surface area is 127 Å². The molecule has 1 fully saturated rings. The SMILES string of the molecule is CC.CC1C[CH-]CC1.[Rb+].[Ru]. The van der Waals surface area contributed by atoms with Gasteiger partial charge in [-0.3, -0.25) is 0 Å². The van der Waals surface area contributed by atoms with Gasteiger partial charge in [-0.1, -0.05) is 33.1 Å². The Bertz CT molecular complexity index is 42.5. The maximum absolute atomic E-state index is 2.38. The maximum atomic E-state index is 2.38. The second-order valence-electron chi connectivity index (χ2n) is 2.21. The summed E-state index contributed by atoms with van der Waals surface area (Å²) in [4.78, 5) is 0. The van der Waals surface area contributed by atoms with Gasteiger partial charge in [0.25, 0.3) is 0 Å². The molecule has 0 N–H and O–H groups in total. The predicted molar refractivity (Wildman–Crippen MR) is 38.7 cm³/mol. The van der Waals surface area contributed by atoms with Crippen LogP contribution in [0.2, 0.25) is 0 Å². The second-order valence-corrected chi connectivity index (χ2v) is 2.21. The van der Waals surface area contributed by atoms with Crippen LogP contribution in [0.15, 0.2) is 0 Å². The van der Waals surface area contributed by atoms with Gasteiger partial charge in [-0.2, -0.15) is 12.8 Å². The van der Waals surface area contributed by atoms with Crippen molar-refractivity contribution in [3.05, 3.63) is 6.42 Å². The number of hydrogen-bond donors (Lipinski definition) is 0. The summed E-state index contributed by atoms with van der Waals surface area (Å²) < 4.78 is 0. The van der Waals surface area contributed by atoms with Crippen molar-refractivity contribution < 1.29 is 77.7 Å². The Balaban J connectivity index is -0.000000114. The first kappa shape index (κ1) is 18.3. The molecule has 1 saturated carbocycles. The molecule has 0 heterocycles. The first-order chi connectivity index (χ1) is 3.89. The third-order valence-corrected chi connectivity index (χ3v) is 1.43. The van der Waals surface area contributed by atoms with Gasteiger partial charge in [-0.25, -0.2) is 0 Å². The summed E-state index contributed by atoms with van der Waals surface area (Å²) in [6.07, 6.45) is 6.53. The Morgan fingerprint density at radius 3 is 1.90 bits per heavy atom. The van der Waals surface area contributed by atoms with E-state index >= 15 is 0 Å². The molecule has 1 unspecified atom stereocenters. The molecule has 1 aliphatic rings. The van der Waals surface area contributed by atoms with Crippen molar-refractivity contribution in [3.63, 3.8) is 0 Å². The van der Waals surface area contributed by atoms with Gasteiger partial charge < -0.3 is 6.42 Å². The zero-order valence-electron chi connectivity index (χ0n) is 7.63. The molecule has 0 amide bonds. The molecule has 0 saturated heterocycles. The van der Waals surface area contributed by atoms with Crippen molar-refractivity contribution in [2.24, 2.45) is 5.92 Å². The van der Waals surface area contributed by atoms with E-state index in [1.54, 1.807) is 0 Å². The normalized spacial score (nSPS) is 21.3. The molecule has 10 heavy (non-hydrogen) atoms. The second kappa shape index (κ2) is 14.0. The van der Waals surface area contributed by atoms with E-state index in [0.717, 1.165) is 5.92 Å². The van der Waals surface area contributed by atoms with Crippen LogP contribution in [0.25, 0.3) is 0 Å². The van der Waals surface area contributed by atoms with Gasteiger partial charge >= 0.3 is 58.2 Å². The average molecular weight is 300 g/mol. The van der Waals surface area contributed by atoms with Crippen molar-refractivity contribution in [2.75, 3.05) is 0 Å². The molecule has 1 aliphatic carbocycles. The molecule has 2 heteroatoms. The summed E-state index contributed by atoms with van der Waals surface area (Å²) in [6, 6.07) is 0. The molecule has 0 radical (unpaired) electrons. The van der Waals surface area contributed by atoms with E-state index < -0.39 is 0 Å². The number of rotatable bonds is 0. The van der Waals surface area contributed by atoms with Crippen LogP contribution in [0.1, 0.15) is 40.0 Å². The summed E-state index contributed by atoms with van der Waals surface area (Å²) in [5.41, 5.74) is 0. The Hall–Kier alpha value is 2.43. The Morgan fingerprint density at radius 2 is 1.80 bits per heavy atom. The van der Waals surface area contributed by atoms with Crippen LogP contribution in [0.4, 0.5) is 0 Å². The third-order valence-electron chi connectivity index (χ3n) is 1.43. The topological polar surface area (TPSA) is 0 Å². The molecule has 1 rings (SSSR count). The van der Waals surface area contributed by atoms with Crippen molar-refractivity contribution >= 4 is 0 Å². The first-order valence-corrected chi connectivity index (χ1v) is 3.71. The van der Waals surface area contributed by atoms with E-state index in [1.807, 2.05) is 13.8 Å². The van der Waals surface area contributed by atoms with Crippen LogP contribution in [-0.2, 0) is 19.5 Å². The van der Waals surface area contributed by atoms with Crippen molar-refractivity contribution in [1.82, 2.24) is 0 Å². The molecule has 0 bridgehead atoms. The molecule has 1 atom stereocenters. The molecule has 0 aromatic carbocycles. The summed E-state index contributed by atoms with van der Waals surface area (Å²) in [6.45, 7) is 6.31. The zero-order chi connectivity index (χ0) is 6.41. The van der Waals surface area contributed by atoms with Gasteiger partial charge in [-0.05, 0) is 0 Å². The van der Waals surface area contributed by atoms with Crippen molar-refractivity contribution in [3.8, 4) is 0 Å². The van der Waals surface area contributed by atoms with E-state index in [0.29, 0.717) is 0 Å². The minimum absolute atomic E-state index is 0. The first-order valence-electron chi connectivity index (χ1n) is 3.71. The molecule has 0 aromatic heterocycles. The average Bonchev–Trinajstić information content (AvgIpc) is 2.24. The van der Waals surface area contributed by atoms with Gasteiger partial charge in [0.2, 0.25) is 0 Å². The van der Waals surface area contributed by atoms with Gasteiger partial charge in [0.15, 0.2) is 0 Å². The van der Waals surface area contributed by atoms with E-state index in [4.69, 9.17) is 0 Å². The zero-order valence-corrected chi connectivity index (χ0v) is 14.3. The minimum Gasteiger partial charge on any atom is -0.328 e. The molecule has 0 nitrogen and oxygen atoms in total. The van der Waals surface area contributed by atoms with Crippen molar-refractivity contribution in [1.29, 1.82) is 0 Å². The number of hydrogen-bond acceptors (Lipinski definition) is 0. The van der Waals surface area contributed by atoms with Crippen LogP contribution < -0.4 is 58.2 Å². The fourth-order valence-corrected chi connectivity index (χ4v) is 0.923.